The molecule has 0 amide bonds. The molecule has 0 saturated heterocycles. The largest absolute Gasteiger partial charge is 1.00 e. The van der Waals surface area contributed by atoms with E-state index in [0.29, 0.717) is 0 Å². The van der Waals surface area contributed by atoms with Crippen molar-refractivity contribution in [2.75, 3.05) is 0 Å². The van der Waals surface area contributed by atoms with Crippen LogP contribution in [0.3, 0.4) is 0 Å². The molecule has 0 aromatic carbocycles. The van der Waals surface area contributed by atoms with E-state index >= 15 is 0 Å². The van der Waals surface area contributed by atoms with E-state index in [0.717, 1.165) is 0 Å². The molecule has 1 aromatic rings. The van der Waals surface area contributed by atoms with Gasteiger partial charge in [0.1, 0.15) is 6.33 Å². The average Bonchev–Trinajstić information content (AvgIpc) is 1.64. The Hall–Kier alpha value is 1.23. The maximum Gasteiger partial charge on any atom is 1.00 e. The SMILES string of the molecule is Clc1ncnc(Cl)n1.[H-].[K+]. The van der Waals surface area contributed by atoms with Crippen molar-refractivity contribution in [3.63, 3.8) is 0 Å². The summed E-state index contributed by atoms with van der Waals surface area (Å²) in [6.07, 6.45) is 1.25. The zero-order valence-corrected chi connectivity index (χ0v) is 9.31. The van der Waals surface area contributed by atoms with Crippen LogP contribution < -0.4 is 51.4 Å². The van der Waals surface area contributed by atoms with Gasteiger partial charge in [0.05, 0.1) is 0 Å². The van der Waals surface area contributed by atoms with Crippen molar-refractivity contribution in [1.82, 2.24) is 15.0 Å². The smallest absolute Gasteiger partial charge is 1.00 e. The van der Waals surface area contributed by atoms with Crippen LogP contribution in [0.2, 0.25) is 10.6 Å². The Kier molecular flexibility index (Phi) is 5.63. The van der Waals surface area contributed by atoms with Crippen molar-refractivity contribution in [1.29, 1.82) is 0 Å². The Morgan fingerprint density at radius 1 is 1.22 bits per heavy atom. The van der Waals surface area contributed by atoms with Crippen LogP contribution in [0, 0.1) is 0 Å². The first-order chi connectivity index (χ1) is 3.79. The maximum atomic E-state index is 5.30. The number of aromatic nitrogens is 3. The fourth-order valence-electron chi connectivity index (χ4n) is 0.258. The summed E-state index contributed by atoms with van der Waals surface area (Å²) in [7, 11) is 0. The van der Waals surface area contributed by atoms with Gasteiger partial charge in [-0.25, -0.2) is 9.97 Å². The summed E-state index contributed by atoms with van der Waals surface area (Å²) in [5.41, 5.74) is 0. The van der Waals surface area contributed by atoms with E-state index in [2.05, 4.69) is 15.0 Å². The molecule has 1 aromatic heterocycles. The van der Waals surface area contributed by atoms with Crippen LogP contribution >= 0.6 is 23.2 Å². The second-order valence-electron chi connectivity index (χ2n) is 1.02. The first-order valence-electron chi connectivity index (χ1n) is 1.79. The summed E-state index contributed by atoms with van der Waals surface area (Å²) in [6.45, 7) is 0. The van der Waals surface area contributed by atoms with Gasteiger partial charge in [0.2, 0.25) is 10.6 Å². The van der Waals surface area contributed by atoms with E-state index in [1.165, 1.54) is 6.33 Å². The molecule has 0 radical (unpaired) electrons. The molecule has 0 aliphatic rings. The number of nitrogens with zero attached hydrogens (tertiary/aromatic N) is 3. The molecule has 0 atom stereocenters. The first-order valence-corrected chi connectivity index (χ1v) is 2.54. The molecule has 0 unspecified atom stereocenters. The Balaban J connectivity index is 0. The molecule has 3 nitrogen and oxygen atoms in total. The Morgan fingerprint density at radius 2 is 1.67 bits per heavy atom. The third-order valence-corrected chi connectivity index (χ3v) is 0.877. The van der Waals surface area contributed by atoms with Crippen molar-refractivity contribution < 1.29 is 52.8 Å². The summed E-state index contributed by atoms with van der Waals surface area (Å²) in [4.78, 5) is 10.5. The van der Waals surface area contributed by atoms with Gasteiger partial charge in [-0.2, -0.15) is 4.98 Å². The fraction of sp³-hybridized carbons (Fsp3) is 0. The molecule has 0 N–H and O–H groups in total. The molecule has 0 bridgehead atoms. The van der Waals surface area contributed by atoms with Gasteiger partial charge in [-0.05, 0) is 23.2 Å². The summed E-state index contributed by atoms with van der Waals surface area (Å²) in [6, 6.07) is 0. The van der Waals surface area contributed by atoms with Gasteiger partial charge in [-0.15, -0.1) is 0 Å². The van der Waals surface area contributed by atoms with Crippen LogP contribution in [-0.2, 0) is 0 Å². The second kappa shape index (κ2) is 4.95. The van der Waals surface area contributed by atoms with Gasteiger partial charge in [0.15, 0.2) is 0 Å². The van der Waals surface area contributed by atoms with Crippen LogP contribution in [0.25, 0.3) is 0 Å². The Labute approximate surface area is 106 Å². The second-order valence-corrected chi connectivity index (χ2v) is 1.70. The van der Waals surface area contributed by atoms with E-state index in [1.807, 2.05) is 0 Å². The standard InChI is InChI=1S/C3HCl2N3.K.H/c4-2-6-1-7-3(5)8-2;;/h1H;;/q;+1;-1. The van der Waals surface area contributed by atoms with Gasteiger partial charge >= 0.3 is 51.4 Å². The third-order valence-electron chi connectivity index (χ3n) is 0.513. The van der Waals surface area contributed by atoms with E-state index in [4.69, 9.17) is 23.2 Å². The molecule has 6 heteroatoms. The fourth-order valence-corrected chi connectivity index (χ4v) is 0.549. The number of hydrogen-bond acceptors (Lipinski definition) is 3. The summed E-state index contributed by atoms with van der Waals surface area (Å²) < 4.78 is 0. The zero-order chi connectivity index (χ0) is 5.98. The van der Waals surface area contributed by atoms with E-state index in [9.17, 15) is 0 Å². The van der Waals surface area contributed by atoms with Gasteiger partial charge < -0.3 is 1.43 Å². The van der Waals surface area contributed by atoms with Gasteiger partial charge in [-0.3, -0.25) is 0 Å². The van der Waals surface area contributed by atoms with Crippen molar-refractivity contribution in [3.05, 3.63) is 16.9 Å². The van der Waals surface area contributed by atoms with Gasteiger partial charge in [0.25, 0.3) is 0 Å². The molecule has 0 fully saturated rings. The quantitative estimate of drug-likeness (QED) is 0.457. The molecule has 0 aliphatic carbocycles. The van der Waals surface area contributed by atoms with Crippen molar-refractivity contribution >= 4 is 23.2 Å². The zero-order valence-electron chi connectivity index (χ0n) is 5.67. The molecule has 0 aliphatic heterocycles. The monoisotopic (exact) mass is 189 g/mol. The molecule has 9 heavy (non-hydrogen) atoms. The minimum Gasteiger partial charge on any atom is -1.00 e. The van der Waals surface area contributed by atoms with Crippen LogP contribution in [0.15, 0.2) is 6.33 Å². The van der Waals surface area contributed by atoms with Gasteiger partial charge in [0, 0.05) is 0 Å². The predicted molar refractivity (Wildman–Crippen MR) is 31.0 cm³/mol. The first kappa shape index (κ1) is 10.2. The van der Waals surface area contributed by atoms with E-state index in [-0.39, 0.29) is 63.4 Å². The molecular formula is C3H2Cl2KN3. The molecule has 44 valence electrons. The minimum absolute atomic E-state index is 0. The number of hydrogen-bond donors (Lipinski definition) is 0. The summed E-state index contributed by atoms with van der Waals surface area (Å²) in [5.74, 6) is 0. The normalized spacial score (nSPS) is 8.22. The van der Waals surface area contributed by atoms with Crippen LogP contribution in [-0.4, -0.2) is 15.0 Å². The van der Waals surface area contributed by atoms with Gasteiger partial charge in [-0.1, -0.05) is 0 Å². The molecule has 0 spiro atoms. The maximum absolute atomic E-state index is 5.30. The molecule has 0 saturated carbocycles. The van der Waals surface area contributed by atoms with E-state index < -0.39 is 0 Å². The molecule has 1 rings (SSSR count). The number of rotatable bonds is 0. The van der Waals surface area contributed by atoms with Crippen LogP contribution in [0.4, 0.5) is 0 Å². The third kappa shape index (κ3) is 3.82. The topological polar surface area (TPSA) is 38.7 Å². The van der Waals surface area contributed by atoms with Crippen LogP contribution in [0.5, 0.6) is 0 Å². The minimum atomic E-state index is 0. The van der Waals surface area contributed by atoms with Crippen molar-refractivity contribution in [2.24, 2.45) is 0 Å². The van der Waals surface area contributed by atoms with E-state index in [1.54, 1.807) is 0 Å². The van der Waals surface area contributed by atoms with Crippen molar-refractivity contribution in [3.8, 4) is 0 Å². The Bertz CT molecular complexity index is 182. The number of halogens is 2. The Morgan fingerprint density at radius 3 is 1.89 bits per heavy atom. The van der Waals surface area contributed by atoms with Crippen molar-refractivity contribution in [2.45, 2.75) is 0 Å². The summed E-state index contributed by atoms with van der Waals surface area (Å²) in [5, 5.41) is 0.231. The predicted octanol–water partition coefficient (Wildman–Crippen LogP) is -1.71. The summed E-state index contributed by atoms with van der Waals surface area (Å²) >= 11 is 10.6. The molecule has 1 heterocycles. The molecular weight excluding hydrogens is 188 g/mol. The van der Waals surface area contributed by atoms with Crippen LogP contribution in [0.1, 0.15) is 1.43 Å². The average molecular weight is 190 g/mol.